The van der Waals surface area contributed by atoms with Gasteiger partial charge in [-0.15, -0.1) is 0 Å². The fourth-order valence-electron chi connectivity index (χ4n) is 1.33. The topological polar surface area (TPSA) is 55.7 Å². The number of carbonyl (C=O) groups excluding carboxylic acids is 1. The number of halogens is 2. The van der Waals surface area contributed by atoms with E-state index in [1.165, 1.54) is 12.4 Å². The van der Waals surface area contributed by atoms with Crippen molar-refractivity contribution in [2.75, 3.05) is 0 Å². The largest absolute Gasteiger partial charge is 0.287 e. The molecule has 0 saturated carbocycles. The second-order valence-corrected chi connectivity index (χ2v) is 4.10. The van der Waals surface area contributed by atoms with Gasteiger partial charge in [0.15, 0.2) is 5.15 Å². The van der Waals surface area contributed by atoms with E-state index < -0.39 is 0 Å². The molecule has 0 amide bonds. The molecule has 0 fully saturated rings. The van der Waals surface area contributed by atoms with Gasteiger partial charge in [-0.05, 0) is 18.6 Å². The second-order valence-electron chi connectivity index (χ2n) is 3.35. The lowest BCUT2D eigenvalue weighted by molar-refractivity contribution is 0.103. The van der Waals surface area contributed by atoms with Crippen molar-refractivity contribution in [2.45, 2.75) is 6.92 Å². The second kappa shape index (κ2) is 4.77. The van der Waals surface area contributed by atoms with Gasteiger partial charge in [-0.2, -0.15) is 0 Å². The predicted molar refractivity (Wildman–Crippen MR) is 64.5 cm³/mol. The summed E-state index contributed by atoms with van der Waals surface area (Å²) in [6, 6.07) is 1.74. The summed E-state index contributed by atoms with van der Waals surface area (Å²) in [5, 5.41) is 0.139. The number of nitrogens with zero attached hydrogens (tertiary/aromatic N) is 3. The molecule has 2 aromatic heterocycles. The highest BCUT2D eigenvalue weighted by Crippen LogP contribution is 2.18. The number of pyridine rings is 1. The average Bonchev–Trinajstić information content (AvgIpc) is 2.29. The van der Waals surface area contributed by atoms with Crippen LogP contribution in [-0.4, -0.2) is 20.7 Å². The maximum absolute atomic E-state index is 12.1. The van der Waals surface area contributed by atoms with Crippen LogP contribution in [0.25, 0.3) is 0 Å². The number of hydrogen-bond acceptors (Lipinski definition) is 4. The molecule has 0 N–H and O–H groups in total. The number of carbonyl (C=O) groups is 1. The summed E-state index contributed by atoms with van der Waals surface area (Å²) in [6.07, 6.45) is 4.37. The van der Waals surface area contributed by atoms with Gasteiger partial charge < -0.3 is 0 Å². The predicted octanol–water partition coefficient (Wildman–Crippen LogP) is 2.72. The summed E-state index contributed by atoms with van der Waals surface area (Å²) in [7, 11) is 0. The van der Waals surface area contributed by atoms with Crippen molar-refractivity contribution in [1.82, 2.24) is 15.0 Å². The Labute approximate surface area is 108 Å². The molecule has 0 aliphatic carbocycles. The molecule has 0 aliphatic rings. The van der Waals surface area contributed by atoms with Crippen LogP contribution in [0.2, 0.25) is 10.3 Å². The number of rotatable bonds is 2. The molecule has 0 unspecified atom stereocenters. The fraction of sp³-hybridized carbons (Fsp3) is 0.0909. The molecule has 17 heavy (non-hydrogen) atoms. The average molecular weight is 268 g/mol. The van der Waals surface area contributed by atoms with Crippen LogP contribution >= 0.6 is 23.2 Å². The standard InChI is InChI=1S/C11H7Cl2N3O/c1-6-2-3-14-4-7(6)10(17)9-11(13)16-8(12)5-15-9/h2-5H,1H3. The van der Waals surface area contributed by atoms with Gasteiger partial charge in [0.25, 0.3) is 0 Å². The van der Waals surface area contributed by atoms with Gasteiger partial charge in [0.05, 0.1) is 6.20 Å². The van der Waals surface area contributed by atoms with E-state index in [1.54, 1.807) is 12.3 Å². The van der Waals surface area contributed by atoms with Gasteiger partial charge in [-0.3, -0.25) is 9.78 Å². The van der Waals surface area contributed by atoms with Gasteiger partial charge in [-0.25, -0.2) is 9.97 Å². The van der Waals surface area contributed by atoms with E-state index in [1.807, 2.05) is 6.92 Å². The lowest BCUT2D eigenvalue weighted by Crippen LogP contribution is -2.08. The highest BCUT2D eigenvalue weighted by Gasteiger charge is 2.17. The van der Waals surface area contributed by atoms with Crippen molar-refractivity contribution >= 4 is 29.0 Å². The van der Waals surface area contributed by atoms with Gasteiger partial charge >= 0.3 is 0 Å². The lowest BCUT2D eigenvalue weighted by atomic mass is 10.1. The monoisotopic (exact) mass is 267 g/mol. The molecule has 0 bridgehead atoms. The molecule has 2 aromatic rings. The molecular weight excluding hydrogens is 261 g/mol. The Kier molecular flexibility index (Phi) is 3.36. The van der Waals surface area contributed by atoms with Crippen molar-refractivity contribution in [3.63, 3.8) is 0 Å². The Bertz CT molecular complexity index is 587. The maximum Gasteiger partial charge on any atom is 0.216 e. The van der Waals surface area contributed by atoms with Crippen LogP contribution in [0, 0.1) is 6.92 Å². The van der Waals surface area contributed by atoms with E-state index in [4.69, 9.17) is 23.2 Å². The fourth-order valence-corrected chi connectivity index (χ4v) is 1.73. The normalized spacial score (nSPS) is 10.3. The van der Waals surface area contributed by atoms with Crippen molar-refractivity contribution < 1.29 is 4.79 Å². The molecule has 0 spiro atoms. The minimum Gasteiger partial charge on any atom is -0.287 e. The molecule has 6 heteroatoms. The molecule has 2 rings (SSSR count). The first kappa shape index (κ1) is 12.0. The van der Waals surface area contributed by atoms with Crippen LogP contribution in [0.3, 0.4) is 0 Å². The summed E-state index contributed by atoms with van der Waals surface area (Å²) in [6.45, 7) is 1.81. The highest BCUT2D eigenvalue weighted by atomic mass is 35.5. The summed E-state index contributed by atoms with van der Waals surface area (Å²) in [5.74, 6) is -0.315. The Hall–Kier alpha value is -1.52. The number of hydrogen-bond donors (Lipinski definition) is 0. The molecule has 4 nitrogen and oxygen atoms in total. The van der Waals surface area contributed by atoms with E-state index in [2.05, 4.69) is 15.0 Å². The first-order valence-corrected chi connectivity index (χ1v) is 5.48. The number of aromatic nitrogens is 3. The van der Waals surface area contributed by atoms with E-state index in [-0.39, 0.29) is 21.8 Å². The lowest BCUT2D eigenvalue weighted by Gasteiger charge is -2.04. The first-order valence-electron chi connectivity index (χ1n) is 4.73. The Balaban J connectivity index is 2.48. The molecule has 2 heterocycles. The summed E-state index contributed by atoms with van der Waals surface area (Å²) in [4.78, 5) is 23.7. The maximum atomic E-state index is 12.1. The van der Waals surface area contributed by atoms with E-state index in [0.717, 1.165) is 5.56 Å². The molecular formula is C11H7Cl2N3O. The molecule has 0 atom stereocenters. The zero-order valence-electron chi connectivity index (χ0n) is 8.82. The summed E-state index contributed by atoms with van der Waals surface area (Å²) in [5.41, 5.74) is 1.33. The molecule has 0 aliphatic heterocycles. The van der Waals surface area contributed by atoms with Crippen LogP contribution in [0.1, 0.15) is 21.6 Å². The third kappa shape index (κ3) is 2.43. The minimum absolute atomic E-state index is 0.00856. The van der Waals surface area contributed by atoms with Crippen molar-refractivity contribution in [1.29, 1.82) is 0 Å². The smallest absolute Gasteiger partial charge is 0.216 e. The van der Waals surface area contributed by atoms with Gasteiger partial charge in [0.2, 0.25) is 5.78 Å². The van der Waals surface area contributed by atoms with Gasteiger partial charge in [0.1, 0.15) is 10.8 Å². The first-order chi connectivity index (χ1) is 8.09. The molecule has 0 radical (unpaired) electrons. The van der Waals surface area contributed by atoms with Crippen LogP contribution < -0.4 is 0 Å². The zero-order valence-corrected chi connectivity index (χ0v) is 10.3. The van der Waals surface area contributed by atoms with Crippen LogP contribution in [0.5, 0.6) is 0 Å². The highest BCUT2D eigenvalue weighted by molar-refractivity contribution is 6.35. The van der Waals surface area contributed by atoms with Gasteiger partial charge in [0, 0.05) is 18.0 Å². The molecule has 0 aromatic carbocycles. The van der Waals surface area contributed by atoms with Crippen molar-refractivity contribution in [3.05, 3.63) is 51.8 Å². The van der Waals surface area contributed by atoms with Crippen LogP contribution in [-0.2, 0) is 0 Å². The Morgan fingerprint density at radius 2 is 2.06 bits per heavy atom. The van der Waals surface area contributed by atoms with Crippen LogP contribution in [0.4, 0.5) is 0 Å². The number of ketones is 1. The Morgan fingerprint density at radius 1 is 1.29 bits per heavy atom. The quantitative estimate of drug-likeness (QED) is 0.786. The minimum atomic E-state index is -0.315. The van der Waals surface area contributed by atoms with Crippen molar-refractivity contribution in [2.24, 2.45) is 0 Å². The Morgan fingerprint density at radius 3 is 2.71 bits per heavy atom. The number of aryl methyl sites for hydroxylation is 1. The third-order valence-corrected chi connectivity index (χ3v) is 2.64. The van der Waals surface area contributed by atoms with E-state index in [9.17, 15) is 4.79 Å². The molecule has 86 valence electrons. The van der Waals surface area contributed by atoms with E-state index >= 15 is 0 Å². The van der Waals surface area contributed by atoms with Crippen molar-refractivity contribution in [3.8, 4) is 0 Å². The van der Waals surface area contributed by atoms with Gasteiger partial charge in [-0.1, -0.05) is 23.2 Å². The molecule has 0 saturated heterocycles. The zero-order chi connectivity index (χ0) is 12.4. The SMILES string of the molecule is Cc1ccncc1C(=O)c1ncc(Cl)nc1Cl. The summed E-state index contributed by atoms with van der Waals surface area (Å²) < 4.78 is 0. The summed E-state index contributed by atoms with van der Waals surface area (Å²) >= 11 is 11.4. The van der Waals surface area contributed by atoms with Crippen LogP contribution in [0.15, 0.2) is 24.7 Å². The van der Waals surface area contributed by atoms with E-state index in [0.29, 0.717) is 5.56 Å². The third-order valence-electron chi connectivity index (χ3n) is 2.20.